The first kappa shape index (κ1) is 16.0. The number of carbonyl (C=O) groups is 2. The van der Waals surface area contributed by atoms with Gasteiger partial charge in [-0.1, -0.05) is 20.3 Å². The minimum Gasteiger partial charge on any atom is -0.382 e. The second kappa shape index (κ2) is 8.15. The van der Waals surface area contributed by atoms with Gasteiger partial charge in [0.05, 0.1) is 0 Å². The minimum atomic E-state index is -0.368. The summed E-state index contributed by atoms with van der Waals surface area (Å²) < 4.78 is 5.29. The number of carbonyl (C=O) groups excluding carboxylic acids is 2. The number of amides is 2. The third kappa shape index (κ3) is 4.82. The summed E-state index contributed by atoms with van der Waals surface area (Å²) in [6, 6.07) is -0.368. The zero-order valence-corrected chi connectivity index (χ0v) is 12.3. The minimum absolute atomic E-state index is 0.0223. The molecule has 0 aromatic carbocycles. The highest BCUT2D eigenvalue weighted by molar-refractivity contribution is 5.90. The second-order valence-electron chi connectivity index (χ2n) is 5.06. The SMILES string of the molecule is CCOCCCN1CCC(=O)NC(C(C)CC)C1=O. The number of nitrogens with zero attached hydrogens (tertiary/aromatic N) is 1. The molecule has 1 rings (SSSR count). The van der Waals surface area contributed by atoms with Crippen LogP contribution in [-0.2, 0) is 14.3 Å². The van der Waals surface area contributed by atoms with Gasteiger partial charge in [-0.15, -0.1) is 0 Å². The molecule has 1 heterocycles. The molecule has 1 N–H and O–H groups in total. The maximum absolute atomic E-state index is 12.4. The maximum atomic E-state index is 12.4. The van der Waals surface area contributed by atoms with Crippen molar-refractivity contribution in [2.24, 2.45) is 5.92 Å². The summed E-state index contributed by atoms with van der Waals surface area (Å²) in [5, 5.41) is 2.85. The average molecular weight is 270 g/mol. The van der Waals surface area contributed by atoms with Crippen molar-refractivity contribution in [3.05, 3.63) is 0 Å². The Morgan fingerprint density at radius 1 is 1.42 bits per heavy atom. The Morgan fingerprint density at radius 3 is 2.79 bits per heavy atom. The van der Waals surface area contributed by atoms with Gasteiger partial charge in [-0.05, 0) is 19.3 Å². The maximum Gasteiger partial charge on any atom is 0.245 e. The fourth-order valence-electron chi connectivity index (χ4n) is 2.20. The molecule has 0 radical (unpaired) electrons. The average Bonchev–Trinajstić information content (AvgIpc) is 2.55. The van der Waals surface area contributed by atoms with Gasteiger partial charge < -0.3 is 15.0 Å². The Labute approximate surface area is 115 Å². The van der Waals surface area contributed by atoms with Crippen molar-refractivity contribution >= 4 is 11.8 Å². The molecule has 1 saturated heterocycles. The first-order valence-electron chi connectivity index (χ1n) is 7.26. The first-order valence-corrected chi connectivity index (χ1v) is 7.26. The molecule has 2 unspecified atom stereocenters. The molecule has 1 fully saturated rings. The van der Waals surface area contributed by atoms with E-state index in [0.717, 1.165) is 12.8 Å². The topological polar surface area (TPSA) is 58.6 Å². The van der Waals surface area contributed by atoms with Crippen molar-refractivity contribution in [2.75, 3.05) is 26.3 Å². The van der Waals surface area contributed by atoms with Crippen LogP contribution in [0, 0.1) is 5.92 Å². The Hall–Kier alpha value is -1.10. The van der Waals surface area contributed by atoms with Crippen LogP contribution in [0.2, 0.25) is 0 Å². The van der Waals surface area contributed by atoms with E-state index in [-0.39, 0.29) is 23.8 Å². The van der Waals surface area contributed by atoms with Crippen LogP contribution >= 0.6 is 0 Å². The molecule has 5 heteroatoms. The summed E-state index contributed by atoms with van der Waals surface area (Å²) in [5.74, 6) is 0.201. The van der Waals surface area contributed by atoms with E-state index < -0.39 is 0 Å². The molecule has 0 aliphatic carbocycles. The van der Waals surface area contributed by atoms with E-state index >= 15 is 0 Å². The summed E-state index contributed by atoms with van der Waals surface area (Å²) in [7, 11) is 0. The van der Waals surface area contributed by atoms with Crippen molar-refractivity contribution in [3.63, 3.8) is 0 Å². The van der Waals surface area contributed by atoms with Crippen molar-refractivity contribution in [1.29, 1.82) is 0 Å². The molecule has 0 aromatic rings. The lowest BCUT2D eigenvalue weighted by molar-refractivity contribution is -0.135. The highest BCUT2D eigenvalue weighted by Crippen LogP contribution is 2.14. The molecule has 1 aliphatic rings. The van der Waals surface area contributed by atoms with Crippen molar-refractivity contribution in [3.8, 4) is 0 Å². The van der Waals surface area contributed by atoms with Crippen LogP contribution in [-0.4, -0.2) is 49.1 Å². The van der Waals surface area contributed by atoms with E-state index in [2.05, 4.69) is 5.32 Å². The molecular weight excluding hydrogens is 244 g/mol. The quantitative estimate of drug-likeness (QED) is 0.707. The van der Waals surface area contributed by atoms with E-state index in [1.54, 1.807) is 4.90 Å². The molecule has 1 aliphatic heterocycles. The molecule has 0 saturated carbocycles. The van der Waals surface area contributed by atoms with Gasteiger partial charge in [-0.3, -0.25) is 9.59 Å². The third-order valence-electron chi connectivity index (χ3n) is 3.64. The zero-order valence-electron chi connectivity index (χ0n) is 12.3. The Kier molecular flexibility index (Phi) is 6.84. The second-order valence-corrected chi connectivity index (χ2v) is 5.06. The Bertz CT molecular complexity index is 307. The van der Waals surface area contributed by atoms with Gasteiger partial charge in [0.15, 0.2) is 0 Å². The molecule has 0 bridgehead atoms. The fourth-order valence-corrected chi connectivity index (χ4v) is 2.20. The number of hydrogen-bond acceptors (Lipinski definition) is 3. The lowest BCUT2D eigenvalue weighted by Crippen LogP contribution is -2.48. The highest BCUT2D eigenvalue weighted by Gasteiger charge is 2.32. The van der Waals surface area contributed by atoms with E-state index in [4.69, 9.17) is 4.74 Å². The van der Waals surface area contributed by atoms with Gasteiger partial charge in [-0.25, -0.2) is 0 Å². The van der Waals surface area contributed by atoms with E-state index in [1.165, 1.54) is 0 Å². The lowest BCUT2D eigenvalue weighted by Gasteiger charge is -2.27. The molecule has 19 heavy (non-hydrogen) atoms. The molecular formula is C14H26N2O3. The molecule has 5 nitrogen and oxygen atoms in total. The molecule has 2 atom stereocenters. The van der Waals surface area contributed by atoms with Gasteiger partial charge in [0, 0.05) is 32.7 Å². The van der Waals surface area contributed by atoms with Crippen molar-refractivity contribution < 1.29 is 14.3 Å². The third-order valence-corrected chi connectivity index (χ3v) is 3.64. The van der Waals surface area contributed by atoms with Gasteiger partial charge in [0.1, 0.15) is 6.04 Å². The summed E-state index contributed by atoms with van der Waals surface area (Å²) in [6.07, 6.45) is 2.10. The molecule has 0 aromatic heterocycles. The van der Waals surface area contributed by atoms with Crippen LogP contribution in [0.4, 0.5) is 0 Å². The number of ether oxygens (including phenoxy) is 1. The van der Waals surface area contributed by atoms with Crippen LogP contribution in [0.15, 0.2) is 0 Å². The van der Waals surface area contributed by atoms with Crippen LogP contribution < -0.4 is 5.32 Å². The number of nitrogens with one attached hydrogen (secondary N) is 1. The monoisotopic (exact) mass is 270 g/mol. The number of hydrogen-bond donors (Lipinski definition) is 1. The standard InChI is InChI=1S/C14H26N2O3/c1-4-11(3)13-14(18)16(8-6-10-19-5-2)9-7-12(17)15-13/h11,13H,4-10H2,1-3H3,(H,15,17). The molecule has 0 spiro atoms. The van der Waals surface area contributed by atoms with Gasteiger partial charge in [0.25, 0.3) is 0 Å². The van der Waals surface area contributed by atoms with Crippen molar-refractivity contribution in [2.45, 2.75) is 46.1 Å². The molecule has 2 amide bonds. The lowest BCUT2D eigenvalue weighted by atomic mass is 9.98. The smallest absolute Gasteiger partial charge is 0.245 e. The summed E-state index contributed by atoms with van der Waals surface area (Å²) in [4.78, 5) is 25.9. The van der Waals surface area contributed by atoms with E-state index in [0.29, 0.717) is 32.7 Å². The van der Waals surface area contributed by atoms with Gasteiger partial charge in [-0.2, -0.15) is 0 Å². The predicted molar refractivity (Wildman–Crippen MR) is 73.7 cm³/mol. The normalized spacial score (nSPS) is 22.1. The van der Waals surface area contributed by atoms with Crippen molar-refractivity contribution in [1.82, 2.24) is 10.2 Å². The zero-order chi connectivity index (χ0) is 14.3. The van der Waals surface area contributed by atoms with Crippen LogP contribution in [0.5, 0.6) is 0 Å². The van der Waals surface area contributed by atoms with Gasteiger partial charge in [0.2, 0.25) is 11.8 Å². The Morgan fingerprint density at radius 2 is 2.16 bits per heavy atom. The molecule has 110 valence electrons. The first-order chi connectivity index (χ1) is 9.10. The van der Waals surface area contributed by atoms with Crippen LogP contribution in [0.25, 0.3) is 0 Å². The summed E-state index contributed by atoms with van der Waals surface area (Å²) >= 11 is 0. The Balaban J connectivity index is 2.59. The largest absolute Gasteiger partial charge is 0.382 e. The van der Waals surface area contributed by atoms with Crippen LogP contribution in [0.3, 0.4) is 0 Å². The fraction of sp³-hybridized carbons (Fsp3) is 0.857. The number of rotatable bonds is 7. The predicted octanol–water partition coefficient (Wildman–Crippen LogP) is 1.18. The highest BCUT2D eigenvalue weighted by atomic mass is 16.5. The van der Waals surface area contributed by atoms with E-state index in [1.807, 2.05) is 20.8 Å². The van der Waals surface area contributed by atoms with Crippen LogP contribution in [0.1, 0.15) is 40.0 Å². The summed E-state index contributed by atoms with van der Waals surface area (Å²) in [5.41, 5.74) is 0. The summed E-state index contributed by atoms with van der Waals surface area (Å²) in [6.45, 7) is 8.54. The van der Waals surface area contributed by atoms with E-state index in [9.17, 15) is 9.59 Å². The van der Waals surface area contributed by atoms with Gasteiger partial charge >= 0.3 is 0 Å².